The molecule has 0 aromatic heterocycles. The van der Waals surface area contributed by atoms with Gasteiger partial charge in [-0.05, 0) is 11.4 Å². The molecule has 6 heteroatoms. The summed E-state index contributed by atoms with van der Waals surface area (Å²) >= 11 is 0. The van der Waals surface area contributed by atoms with Crippen LogP contribution < -0.4 is 5.73 Å². The van der Waals surface area contributed by atoms with Gasteiger partial charge in [0.25, 0.3) is 0 Å². The van der Waals surface area contributed by atoms with Crippen LogP contribution in [0, 0.1) is 5.92 Å². The number of nitrogens with zero attached hydrogens (tertiary/aromatic N) is 3. The van der Waals surface area contributed by atoms with E-state index in [-0.39, 0.29) is 5.92 Å². The van der Waals surface area contributed by atoms with Crippen LogP contribution in [0.4, 0.5) is 0 Å². The molecule has 0 unspecified atom stereocenters. The molecule has 62 valence electrons. The van der Waals surface area contributed by atoms with Crippen LogP contribution in [0.2, 0.25) is 0 Å². The Bertz CT molecular complexity index is 185. The molecule has 0 spiro atoms. The summed E-state index contributed by atoms with van der Waals surface area (Å²) in [6, 6.07) is -0.736. The molecule has 1 atom stereocenters. The second-order valence-electron chi connectivity index (χ2n) is 2.35. The number of nitrogens with two attached hydrogens (primary N) is 1. The Morgan fingerprint density at radius 3 is 2.64 bits per heavy atom. The van der Waals surface area contributed by atoms with Gasteiger partial charge in [-0.25, -0.2) is 4.79 Å². The minimum absolute atomic E-state index is 0.0311. The molecule has 0 saturated heterocycles. The van der Waals surface area contributed by atoms with E-state index in [4.69, 9.17) is 11.3 Å². The minimum atomic E-state index is -0.736. The lowest BCUT2D eigenvalue weighted by Gasteiger charge is -2.10. The van der Waals surface area contributed by atoms with Crippen molar-refractivity contribution in [3.8, 4) is 0 Å². The number of carbonyl (C=O) groups excluding carboxylic acids is 1. The molecule has 0 bridgehead atoms. The molecule has 0 fully saturated rings. The predicted molar refractivity (Wildman–Crippen MR) is 38.1 cm³/mol. The van der Waals surface area contributed by atoms with Gasteiger partial charge in [0, 0.05) is 4.91 Å². The third-order valence-corrected chi connectivity index (χ3v) is 1.16. The highest BCUT2D eigenvalue weighted by Crippen LogP contribution is 2.00. The molecule has 0 aromatic carbocycles. The van der Waals surface area contributed by atoms with Gasteiger partial charge < -0.3 is 10.6 Å². The Morgan fingerprint density at radius 1 is 1.73 bits per heavy atom. The van der Waals surface area contributed by atoms with Crippen LogP contribution in [0.15, 0.2) is 5.28 Å². The highest BCUT2D eigenvalue weighted by molar-refractivity contribution is 5.75. The summed E-state index contributed by atoms with van der Waals surface area (Å²) in [5, 5.41) is 2.63. The molecule has 11 heavy (non-hydrogen) atoms. The zero-order chi connectivity index (χ0) is 8.85. The van der Waals surface area contributed by atoms with Crippen molar-refractivity contribution < 1.29 is 9.63 Å². The van der Waals surface area contributed by atoms with Crippen molar-refractivity contribution in [2.75, 3.05) is 0 Å². The summed E-state index contributed by atoms with van der Waals surface area (Å²) in [6.45, 7) is 3.53. The van der Waals surface area contributed by atoms with Crippen LogP contribution in [-0.4, -0.2) is 12.0 Å². The monoisotopic (exact) mass is 158 g/mol. The van der Waals surface area contributed by atoms with Crippen molar-refractivity contribution in [3.63, 3.8) is 0 Å². The maximum atomic E-state index is 10.7. The smallest absolute Gasteiger partial charge is 0.334 e. The highest BCUT2D eigenvalue weighted by atomic mass is 16.7. The van der Waals surface area contributed by atoms with E-state index in [2.05, 4.69) is 15.0 Å². The molecule has 6 nitrogen and oxygen atoms in total. The average Bonchev–Trinajstić information content (AvgIpc) is 1.98. The summed E-state index contributed by atoms with van der Waals surface area (Å²) in [7, 11) is 0. The number of hydrogen-bond donors (Lipinski definition) is 1. The molecule has 0 aliphatic carbocycles. The molecule has 0 radical (unpaired) electrons. The molecule has 0 saturated carbocycles. The maximum Gasteiger partial charge on any atom is 0.334 e. The molecule has 0 rings (SSSR count). The highest BCUT2D eigenvalue weighted by Gasteiger charge is 2.18. The normalized spacial score (nSPS) is 12.0. The van der Waals surface area contributed by atoms with Gasteiger partial charge in [-0.3, -0.25) is 0 Å². The molecule has 0 aliphatic heterocycles. The lowest BCUT2D eigenvalue weighted by molar-refractivity contribution is -0.146. The van der Waals surface area contributed by atoms with Crippen molar-refractivity contribution in [1.29, 1.82) is 0 Å². The SMILES string of the molecule is CC(C)[C@H](N)C(=O)ON=[N+]=[N-]. The average molecular weight is 158 g/mol. The first-order valence-corrected chi connectivity index (χ1v) is 3.10. The van der Waals surface area contributed by atoms with Crippen LogP contribution in [0.1, 0.15) is 13.8 Å². The van der Waals surface area contributed by atoms with Gasteiger partial charge in [0.15, 0.2) is 0 Å². The van der Waals surface area contributed by atoms with Crippen molar-refractivity contribution in [2.24, 2.45) is 16.9 Å². The molecular weight excluding hydrogens is 148 g/mol. The van der Waals surface area contributed by atoms with Crippen LogP contribution in [0.25, 0.3) is 10.4 Å². The summed E-state index contributed by atoms with van der Waals surface area (Å²) in [6.07, 6.45) is 0. The standard InChI is InChI=1S/C5H10N4O2/c1-3(2)4(6)5(10)11-9-8-7/h3-4H,6H2,1-2H3/t4-/m0/s1. The fourth-order valence-electron chi connectivity index (χ4n) is 0.392. The van der Waals surface area contributed by atoms with Gasteiger partial charge in [-0.2, -0.15) is 0 Å². The van der Waals surface area contributed by atoms with Gasteiger partial charge in [-0.15, -0.1) is 0 Å². The van der Waals surface area contributed by atoms with Crippen LogP contribution in [0.3, 0.4) is 0 Å². The van der Waals surface area contributed by atoms with Gasteiger partial charge in [0.2, 0.25) is 0 Å². The Hall–Kier alpha value is -1.26. The van der Waals surface area contributed by atoms with E-state index in [0.29, 0.717) is 0 Å². The number of carbonyl (C=O) groups is 1. The quantitative estimate of drug-likeness (QED) is 0.283. The van der Waals surface area contributed by atoms with E-state index in [1.54, 1.807) is 13.8 Å². The van der Waals surface area contributed by atoms with Crippen molar-refractivity contribution in [3.05, 3.63) is 10.4 Å². The number of azide groups is 1. The minimum Gasteiger partial charge on any atom is -0.357 e. The summed E-state index contributed by atoms with van der Waals surface area (Å²) in [5.74, 6) is -0.741. The molecule has 0 aliphatic rings. The second kappa shape index (κ2) is 4.54. The van der Waals surface area contributed by atoms with Crippen LogP contribution in [0.5, 0.6) is 0 Å². The molecular formula is C5H10N4O2. The zero-order valence-electron chi connectivity index (χ0n) is 6.39. The predicted octanol–water partition coefficient (Wildman–Crippen LogP) is 0.738. The van der Waals surface area contributed by atoms with Crippen LogP contribution in [-0.2, 0) is 9.63 Å². The lowest BCUT2D eigenvalue weighted by Crippen LogP contribution is -2.36. The van der Waals surface area contributed by atoms with E-state index < -0.39 is 12.0 Å². The lowest BCUT2D eigenvalue weighted by atomic mass is 10.1. The van der Waals surface area contributed by atoms with Crippen molar-refractivity contribution in [1.82, 2.24) is 0 Å². The van der Waals surface area contributed by atoms with Crippen molar-refractivity contribution in [2.45, 2.75) is 19.9 Å². The Labute approximate surface area is 63.9 Å². The van der Waals surface area contributed by atoms with E-state index in [0.717, 1.165) is 0 Å². The first kappa shape index (κ1) is 9.74. The molecule has 2 N–H and O–H groups in total. The number of rotatable bonds is 3. The first-order valence-electron chi connectivity index (χ1n) is 3.10. The first-order chi connectivity index (χ1) is 5.09. The topological polar surface area (TPSA) is 101 Å². The zero-order valence-corrected chi connectivity index (χ0v) is 6.39. The third-order valence-electron chi connectivity index (χ3n) is 1.16. The maximum absolute atomic E-state index is 10.7. The van der Waals surface area contributed by atoms with Crippen LogP contribution >= 0.6 is 0 Å². The van der Waals surface area contributed by atoms with Crippen molar-refractivity contribution >= 4 is 5.97 Å². The Balaban J connectivity index is 3.92. The van der Waals surface area contributed by atoms with E-state index in [9.17, 15) is 4.79 Å². The van der Waals surface area contributed by atoms with Gasteiger partial charge in [0.1, 0.15) is 11.3 Å². The van der Waals surface area contributed by atoms with E-state index in [1.807, 2.05) is 0 Å². The third kappa shape index (κ3) is 3.44. The second-order valence-corrected chi connectivity index (χ2v) is 2.35. The largest absolute Gasteiger partial charge is 0.357 e. The molecule has 0 amide bonds. The Morgan fingerprint density at radius 2 is 2.27 bits per heavy atom. The molecule has 0 heterocycles. The van der Waals surface area contributed by atoms with Gasteiger partial charge in [0.05, 0.1) is 0 Å². The van der Waals surface area contributed by atoms with Gasteiger partial charge >= 0.3 is 5.97 Å². The fourth-order valence-corrected chi connectivity index (χ4v) is 0.392. The fraction of sp³-hybridized carbons (Fsp3) is 0.800. The summed E-state index contributed by atoms with van der Waals surface area (Å²) < 4.78 is 0. The van der Waals surface area contributed by atoms with E-state index in [1.165, 1.54) is 0 Å². The summed E-state index contributed by atoms with van der Waals surface area (Å²) in [5.41, 5.74) is 13.1. The summed E-state index contributed by atoms with van der Waals surface area (Å²) in [4.78, 5) is 17.0. The van der Waals surface area contributed by atoms with E-state index >= 15 is 0 Å². The Kier molecular flexibility index (Phi) is 4.02. The number of hydrogen-bond acceptors (Lipinski definition) is 4. The molecule has 0 aromatic rings. The van der Waals surface area contributed by atoms with Gasteiger partial charge in [-0.1, -0.05) is 13.8 Å².